The minimum atomic E-state index is 0.217. The second kappa shape index (κ2) is 8.39. The molecule has 1 fully saturated rings. The molecule has 2 aromatic rings. The Hall–Kier alpha value is -1.93. The van der Waals surface area contributed by atoms with Crippen molar-refractivity contribution in [2.75, 3.05) is 23.8 Å². The fourth-order valence-electron chi connectivity index (χ4n) is 3.85. The molecule has 0 spiro atoms. The Balaban J connectivity index is 1.56. The summed E-state index contributed by atoms with van der Waals surface area (Å²) >= 11 is 3.56. The van der Waals surface area contributed by atoms with Crippen molar-refractivity contribution in [3.63, 3.8) is 0 Å². The van der Waals surface area contributed by atoms with Crippen molar-refractivity contribution in [2.24, 2.45) is 16.8 Å². The molecule has 7 nitrogen and oxygen atoms in total. The predicted octanol–water partition coefficient (Wildman–Crippen LogP) is 3.47. The summed E-state index contributed by atoms with van der Waals surface area (Å²) in [5, 5.41) is 16.7. The van der Waals surface area contributed by atoms with E-state index in [2.05, 4.69) is 42.6 Å². The number of aliphatic hydroxyl groups is 1. The zero-order chi connectivity index (χ0) is 18.6. The second-order valence-electron chi connectivity index (χ2n) is 7.29. The number of aliphatic imine (C=N–C) groups is 1. The number of aromatic nitrogens is 3. The van der Waals surface area contributed by atoms with Crippen LogP contribution in [0.4, 0.5) is 11.6 Å². The lowest BCUT2D eigenvalue weighted by Crippen LogP contribution is -2.34. The monoisotopic (exact) mass is 432 g/mol. The van der Waals surface area contributed by atoms with Gasteiger partial charge in [-0.2, -0.15) is 0 Å². The molecule has 0 radical (unpaired) electrons. The van der Waals surface area contributed by atoms with Gasteiger partial charge < -0.3 is 15.7 Å². The minimum Gasteiger partial charge on any atom is -0.396 e. The van der Waals surface area contributed by atoms with Crippen molar-refractivity contribution in [1.82, 2.24) is 14.4 Å². The van der Waals surface area contributed by atoms with Gasteiger partial charge in [-0.3, -0.25) is 9.39 Å². The fourth-order valence-corrected chi connectivity index (χ4v) is 4.22. The van der Waals surface area contributed by atoms with Crippen molar-refractivity contribution in [3.8, 4) is 0 Å². The molecule has 3 heterocycles. The third-order valence-electron chi connectivity index (χ3n) is 5.38. The summed E-state index contributed by atoms with van der Waals surface area (Å²) in [6, 6.07) is 0.250. The van der Waals surface area contributed by atoms with E-state index in [1.807, 2.05) is 23.0 Å². The Bertz CT molecular complexity index is 848. The molecule has 0 saturated heterocycles. The van der Waals surface area contributed by atoms with Crippen LogP contribution in [-0.2, 0) is 0 Å². The molecule has 4 rings (SSSR count). The smallest absolute Gasteiger partial charge is 0.181 e. The highest BCUT2D eigenvalue weighted by Crippen LogP contribution is 2.28. The summed E-state index contributed by atoms with van der Waals surface area (Å²) in [6.45, 7) is 0.974. The Morgan fingerprint density at radius 1 is 1.30 bits per heavy atom. The molecule has 1 saturated carbocycles. The van der Waals surface area contributed by atoms with Crippen LogP contribution < -0.4 is 10.6 Å². The predicted molar refractivity (Wildman–Crippen MR) is 111 cm³/mol. The molecule has 3 N–H and O–H groups in total. The number of nitrogens with one attached hydrogen (secondary N) is 2. The van der Waals surface area contributed by atoms with Gasteiger partial charge in [0.15, 0.2) is 11.5 Å². The van der Waals surface area contributed by atoms with Crippen molar-refractivity contribution in [2.45, 2.75) is 38.1 Å². The molecule has 27 heavy (non-hydrogen) atoms. The quantitative estimate of drug-likeness (QED) is 0.650. The molecule has 1 aliphatic carbocycles. The number of halogens is 1. The third kappa shape index (κ3) is 4.16. The molecule has 2 aliphatic rings. The number of rotatable bonds is 6. The standard InChI is InChI=1S/C19H25BrN6O/c20-16-10-23-19-18(22-9-13-4-3-7-21-8-13)25-17(11-26(16)19)24-15-6-2-1-5-14(15)12-27/h3,7-8,10-11,13-15,24,27H,1-2,4-6,9,12H2,(H,22,25). The van der Waals surface area contributed by atoms with E-state index in [4.69, 9.17) is 4.98 Å². The largest absolute Gasteiger partial charge is 0.396 e. The van der Waals surface area contributed by atoms with Crippen LogP contribution in [0.5, 0.6) is 0 Å². The van der Waals surface area contributed by atoms with Crippen LogP contribution in [0.2, 0.25) is 0 Å². The number of anilines is 2. The first-order chi connectivity index (χ1) is 13.2. The van der Waals surface area contributed by atoms with E-state index in [-0.39, 0.29) is 18.6 Å². The number of fused-ring (bicyclic) bond motifs is 1. The maximum absolute atomic E-state index is 9.69. The van der Waals surface area contributed by atoms with Crippen molar-refractivity contribution in [1.29, 1.82) is 0 Å². The van der Waals surface area contributed by atoms with Crippen LogP contribution in [0.3, 0.4) is 0 Å². The lowest BCUT2D eigenvalue weighted by Gasteiger charge is -2.31. The summed E-state index contributed by atoms with van der Waals surface area (Å²) in [5.41, 5.74) is 0.790. The van der Waals surface area contributed by atoms with Gasteiger partial charge in [-0.05, 0) is 35.2 Å². The van der Waals surface area contributed by atoms with Gasteiger partial charge in [-0.1, -0.05) is 18.9 Å². The third-order valence-corrected chi connectivity index (χ3v) is 5.97. The fraction of sp³-hybridized carbons (Fsp3) is 0.526. The van der Waals surface area contributed by atoms with Gasteiger partial charge in [-0.15, -0.1) is 0 Å². The van der Waals surface area contributed by atoms with Gasteiger partial charge in [0.2, 0.25) is 0 Å². The first kappa shape index (κ1) is 18.4. The van der Waals surface area contributed by atoms with Crippen molar-refractivity contribution in [3.05, 3.63) is 29.3 Å². The molecule has 8 heteroatoms. The van der Waals surface area contributed by atoms with E-state index in [0.717, 1.165) is 47.7 Å². The van der Waals surface area contributed by atoms with Crippen molar-refractivity contribution < 1.29 is 5.11 Å². The van der Waals surface area contributed by atoms with E-state index in [0.29, 0.717) is 5.92 Å². The van der Waals surface area contributed by atoms with Gasteiger partial charge in [0.1, 0.15) is 10.4 Å². The number of allylic oxidation sites excluding steroid dienone is 1. The van der Waals surface area contributed by atoms with Crippen LogP contribution in [0.1, 0.15) is 32.1 Å². The highest BCUT2D eigenvalue weighted by Gasteiger charge is 2.25. The van der Waals surface area contributed by atoms with Gasteiger partial charge in [0, 0.05) is 43.4 Å². The molecule has 2 aromatic heterocycles. The molecular weight excluding hydrogens is 408 g/mol. The van der Waals surface area contributed by atoms with Crippen LogP contribution in [-0.4, -0.2) is 44.9 Å². The zero-order valence-electron chi connectivity index (χ0n) is 15.2. The first-order valence-corrected chi connectivity index (χ1v) is 10.4. The summed E-state index contributed by atoms with van der Waals surface area (Å²) < 4.78 is 2.87. The van der Waals surface area contributed by atoms with E-state index >= 15 is 0 Å². The van der Waals surface area contributed by atoms with Crippen molar-refractivity contribution >= 4 is 39.4 Å². The SMILES string of the molecule is OCC1CCCCC1Nc1cn2c(Br)cnc2c(NCC2C=NC=CC2)n1. The molecule has 3 unspecified atom stereocenters. The average molecular weight is 433 g/mol. The Morgan fingerprint density at radius 2 is 2.19 bits per heavy atom. The van der Waals surface area contributed by atoms with Gasteiger partial charge in [-0.25, -0.2) is 9.97 Å². The second-order valence-corrected chi connectivity index (χ2v) is 8.10. The van der Waals surface area contributed by atoms with Crippen LogP contribution in [0.15, 0.2) is 34.3 Å². The first-order valence-electron chi connectivity index (χ1n) is 9.58. The lowest BCUT2D eigenvalue weighted by atomic mass is 9.85. The number of nitrogens with zero attached hydrogens (tertiary/aromatic N) is 4. The lowest BCUT2D eigenvalue weighted by molar-refractivity contribution is 0.178. The van der Waals surface area contributed by atoms with Gasteiger partial charge in [0.25, 0.3) is 0 Å². The minimum absolute atomic E-state index is 0.217. The summed E-state index contributed by atoms with van der Waals surface area (Å²) in [7, 11) is 0. The van der Waals surface area contributed by atoms with E-state index in [1.54, 1.807) is 6.20 Å². The molecule has 1 aliphatic heterocycles. The summed E-state index contributed by atoms with van der Waals surface area (Å²) in [5.74, 6) is 2.18. The summed E-state index contributed by atoms with van der Waals surface area (Å²) in [6.07, 6.45) is 15.1. The zero-order valence-corrected chi connectivity index (χ0v) is 16.8. The summed E-state index contributed by atoms with van der Waals surface area (Å²) in [4.78, 5) is 13.5. The average Bonchev–Trinajstić information content (AvgIpc) is 3.08. The van der Waals surface area contributed by atoms with Crippen LogP contribution >= 0.6 is 15.9 Å². The maximum atomic E-state index is 9.69. The Kier molecular flexibility index (Phi) is 5.73. The number of aliphatic hydroxyl groups excluding tert-OH is 1. The highest BCUT2D eigenvalue weighted by atomic mass is 79.9. The molecule has 0 bridgehead atoms. The van der Waals surface area contributed by atoms with Crippen LogP contribution in [0.25, 0.3) is 5.65 Å². The highest BCUT2D eigenvalue weighted by molar-refractivity contribution is 9.10. The van der Waals surface area contributed by atoms with Crippen LogP contribution in [0, 0.1) is 11.8 Å². The van der Waals surface area contributed by atoms with E-state index < -0.39 is 0 Å². The Morgan fingerprint density at radius 3 is 3.00 bits per heavy atom. The molecule has 0 amide bonds. The Labute approximate surface area is 167 Å². The number of hydrogen-bond donors (Lipinski definition) is 3. The van der Waals surface area contributed by atoms with Gasteiger partial charge in [0.05, 0.1) is 12.4 Å². The maximum Gasteiger partial charge on any atom is 0.181 e. The topological polar surface area (TPSA) is 86.8 Å². The molecular formula is C19H25BrN6O. The molecule has 3 atom stereocenters. The van der Waals surface area contributed by atoms with Gasteiger partial charge >= 0.3 is 0 Å². The van der Waals surface area contributed by atoms with E-state index in [9.17, 15) is 5.11 Å². The normalized spacial score (nSPS) is 25.0. The molecule has 144 valence electrons. The number of hydrogen-bond acceptors (Lipinski definition) is 6. The number of imidazole rings is 1. The van der Waals surface area contributed by atoms with E-state index in [1.165, 1.54) is 12.8 Å². The molecule has 0 aromatic carbocycles.